The lowest BCUT2D eigenvalue weighted by Gasteiger charge is -2.16. The Morgan fingerprint density at radius 2 is 1.76 bits per heavy atom. The van der Waals surface area contributed by atoms with E-state index in [2.05, 4.69) is 5.32 Å². The van der Waals surface area contributed by atoms with Gasteiger partial charge < -0.3 is 10.4 Å². The predicted octanol–water partition coefficient (Wildman–Crippen LogP) is 3.12. The third-order valence-corrected chi connectivity index (χ3v) is 3.67. The van der Waals surface area contributed by atoms with E-state index in [-0.39, 0.29) is 18.6 Å². The fourth-order valence-electron chi connectivity index (χ4n) is 2.14. The summed E-state index contributed by atoms with van der Waals surface area (Å²) >= 11 is 6.06. The highest BCUT2D eigenvalue weighted by Crippen LogP contribution is 2.17. The quantitative estimate of drug-likeness (QED) is 0.861. The number of aliphatic hydroxyl groups is 1. The van der Waals surface area contributed by atoms with Gasteiger partial charge in [-0.2, -0.15) is 0 Å². The van der Waals surface area contributed by atoms with E-state index >= 15 is 0 Å². The molecule has 3 nitrogen and oxygen atoms in total. The maximum atomic E-state index is 12.0. The second-order valence-electron chi connectivity index (χ2n) is 4.80. The summed E-state index contributed by atoms with van der Waals surface area (Å²) in [4.78, 5) is 12.0. The average Bonchev–Trinajstić information content (AvgIpc) is 2.52. The maximum absolute atomic E-state index is 12.0. The third-order valence-electron chi connectivity index (χ3n) is 3.30. The summed E-state index contributed by atoms with van der Waals surface area (Å²) < 4.78 is 0. The highest BCUT2D eigenvalue weighted by molar-refractivity contribution is 6.31. The number of carbonyl (C=O) groups is 1. The molecule has 0 aliphatic rings. The van der Waals surface area contributed by atoms with Gasteiger partial charge in [0.2, 0.25) is 5.91 Å². The van der Waals surface area contributed by atoms with Crippen LogP contribution >= 0.6 is 11.6 Å². The van der Waals surface area contributed by atoms with Gasteiger partial charge in [0.05, 0.1) is 12.6 Å². The number of hydrogen-bond donors (Lipinski definition) is 2. The van der Waals surface area contributed by atoms with E-state index in [0.29, 0.717) is 17.9 Å². The van der Waals surface area contributed by atoms with E-state index in [1.54, 1.807) is 0 Å². The van der Waals surface area contributed by atoms with Crippen LogP contribution in [0.4, 0.5) is 0 Å². The molecule has 21 heavy (non-hydrogen) atoms. The molecule has 4 heteroatoms. The Morgan fingerprint density at radius 3 is 2.43 bits per heavy atom. The molecule has 1 unspecified atom stereocenters. The molecule has 2 aromatic rings. The molecule has 0 spiro atoms. The zero-order chi connectivity index (χ0) is 15.1. The normalized spacial score (nSPS) is 11.9. The van der Waals surface area contributed by atoms with E-state index in [1.165, 1.54) is 0 Å². The number of rotatable bonds is 6. The molecule has 0 aromatic heterocycles. The molecule has 2 rings (SSSR count). The van der Waals surface area contributed by atoms with Gasteiger partial charge in [-0.25, -0.2) is 0 Å². The van der Waals surface area contributed by atoms with E-state index in [9.17, 15) is 9.90 Å². The van der Waals surface area contributed by atoms with Crippen molar-refractivity contribution in [3.63, 3.8) is 0 Å². The lowest BCUT2D eigenvalue weighted by Crippen LogP contribution is -2.30. The van der Waals surface area contributed by atoms with Gasteiger partial charge in [0.25, 0.3) is 0 Å². The molecule has 0 radical (unpaired) electrons. The maximum Gasteiger partial charge on any atom is 0.220 e. The minimum atomic E-state index is -0.370. The van der Waals surface area contributed by atoms with Crippen LogP contribution in [0.3, 0.4) is 0 Å². The minimum Gasteiger partial charge on any atom is -0.394 e. The summed E-state index contributed by atoms with van der Waals surface area (Å²) in [5.41, 5.74) is 1.85. The molecule has 1 amide bonds. The van der Waals surface area contributed by atoms with Gasteiger partial charge in [-0.15, -0.1) is 0 Å². The smallest absolute Gasteiger partial charge is 0.220 e. The largest absolute Gasteiger partial charge is 0.394 e. The standard InChI is InChI=1S/C17H18ClNO2/c18-15-9-5-4-6-13(15)10-11-17(21)19-16(12-20)14-7-2-1-3-8-14/h1-9,16,20H,10-12H2,(H,19,21). The molecule has 110 valence electrons. The van der Waals surface area contributed by atoms with Gasteiger partial charge in [0.1, 0.15) is 0 Å². The number of nitrogens with one attached hydrogen (secondary N) is 1. The van der Waals surface area contributed by atoms with E-state index < -0.39 is 0 Å². The first-order valence-electron chi connectivity index (χ1n) is 6.89. The summed E-state index contributed by atoms with van der Waals surface area (Å²) in [5, 5.41) is 12.9. The second-order valence-corrected chi connectivity index (χ2v) is 5.21. The molecule has 0 aliphatic carbocycles. The van der Waals surface area contributed by atoms with Crippen molar-refractivity contribution in [2.75, 3.05) is 6.61 Å². The lowest BCUT2D eigenvalue weighted by atomic mass is 10.1. The molecule has 0 saturated heterocycles. The molecule has 0 saturated carbocycles. The fraction of sp³-hybridized carbons (Fsp3) is 0.235. The first-order valence-corrected chi connectivity index (χ1v) is 7.27. The Hall–Kier alpha value is -1.84. The van der Waals surface area contributed by atoms with Crippen LogP contribution in [0.15, 0.2) is 54.6 Å². The average molecular weight is 304 g/mol. The highest BCUT2D eigenvalue weighted by Gasteiger charge is 2.13. The molecule has 2 N–H and O–H groups in total. The fourth-order valence-corrected chi connectivity index (χ4v) is 2.37. The highest BCUT2D eigenvalue weighted by atomic mass is 35.5. The van der Waals surface area contributed by atoms with Gasteiger partial charge in [-0.3, -0.25) is 4.79 Å². The minimum absolute atomic E-state index is 0.0992. The zero-order valence-corrected chi connectivity index (χ0v) is 12.4. The predicted molar refractivity (Wildman–Crippen MR) is 84.2 cm³/mol. The summed E-state index contributed by atoms with van der Waals surface area (Å²) in [6.07, 6.45) is 0.922. The molecular formula is C17H18ClNO2. The molecule has 0 bridgehead atoms. The molecule has 0 heterocycles. The van der Waals surface area contributed by atoms with Gasteiger partial charge in [-0.05, 0) is 23.6 Å². The van der Waals surface area contributed by atoms with E-state index in [1.807, 2.05) is 54.6 Å². The van der Waals surface area contributed by atoms with Crippen LogP contribution in [0.25, 0.3) is 0 Å². The van der Waals surface area contributed by atoms with Crippen LogP contribution in [-0.4, -0.2) is 17.6 Å². The Labute approximate surface area is 129 Å². The van der Waals surface area contributed by atoms with Gasteiger partial charge in [0, 0.05) is 11.4 Å². The lowest BCUT2D eigenvalue weighted by molar-refractivity contribution is -0.122. The van der Waals surface area contributed by atoms with Crippen LogP contribution in [0, 0.1) is 0 Å². The number of amides is 1. The summed E-state index contributed by atoms with van der Waals surface area (Å²) in [6.45, 7) is -0.123. The van der Waals surface area contributed by atoms with Gasteiger partial charge >= 0.3 is 0 Å². The van der Waals surface area contributed by atoms with Crippen LogP contribution in [0.5, 0.6) is 0 Å². The molecule has 2 aromatic carbocycles. The number of hydrogen-bond acceptors (Lipinski definition) is 2. The molecular weight excluding hydrogens is 286 g/mol. The number of halogens is 1. The first kappa shape index (κ1) is 15.5. The van der Waals surface area contributed by atoms with Crippen molar-refractivity contribution < 1.29 is 9.90 Å². The Kier molecular flexibility index (Phi) is 5.78. The summed E-state index contributed by atoms with van der Waals surface area (Å²) in [7, 11) is 0. The van der Waals surface area contributed by atoms with E-state index in [4.69, 9.17) is 11.6 Å². The molecule has 0 fully saturated rings. The number of benzene rings is 2. The van der Waals surface area contributed by atoms with Crippen molar-refractivity contribution >= 4 is 17.5 Å². The van der Waals surface area contributed by atoms with Crippen molar-refractivity contribution in [1.29, 1.82) is 0 Å². The van der Waals surface area contributed by atoms with E-state index in [0.717, 1.165) is 11.1 Å². The van der Waals surface area contributed by atoms with Crippen molar-refractivity contribution in [1.82, 2.24) is 5.32 Å². The van der Waals surface area contributed by atoms with Gasteiger partial charge in [0.15, 0.2) is 0 Å². The summed E-state index contributed by atoms with van der Waals surface area (Å²) in [5.74, 6) is -0.0992. The number of aliphatic hydroxyl groups excluding tert-OH is 1. The van der Waals surface area contributed by atoms with Crippen LogP contribution in [0.1, 0.15) is 23.6 Å². The van der Waals surface area contributed by atoms with Crippen LogP contribution in [-0.2, 0) is 11.2 Å². The molecule has 0 aliphatic heterocycles. The number of aryl methyl sites for hydroxylation is 1. The SMILES string of the molecule is O=C(CCc1ccccc1Cl)NC(CO)c1ccccc1. The topological polar surface area (TPSA) is 49.3 Å². The number of carbonyl (C=O) groups excluding carboxylic acids is 1. The molecule has 1 atom stereocenters. The Morgan fingerprint density at radius 1 is 1.10 bits per heavy atom. The Balaban J connectivity index is 1.90. The van der Waals surface area contributed by atoms with Crippen molar-refractivity contribution in [2.24, 2.45) is 0 Å². The van der Waals surface area contributed by atoms with Crippen molar-refractivity contribution in [2.45, 2.75) is 18.9 Å². The second kappa shape index (κ2) is 7.81. The monoisotopic (exact) mass is 303 g/mol. The zero-order valence-electron chi connectivity index (χ0n) is 11.6. The first-order chi connectivity index (χ1) is 10.2. The van der Waals surface area contributed by atoms with Crippen molar-refractivity contribution in [3.05, 3.63) is 70.7 Å². The third kappa shape index (κ3) is 4.59. The van der Waals surface area contributed by atoms with Crippen molar-refractivity contribution in [3.8, 4) is 0 Å². The summed E-state index contributed by atoms with van der Waals surface area (Å²) in [6, 6.07) is 16.6. The van der Waals surface area contributed by atoms with Crippen LogP contribution in [0.2, 0.25) is 5.02 Å². The van der Waals surface area contributed by atoms with Gasteiger partial charge in [-0.1, -0.05) is 60.1 Å². The Bertz CT molecular complexity index is 586. The van der Waals surface area contributed by atoms with Crippen LogP contribution < -0.4 is 5.32 Å².